The van der Waals surface area contributed by atoms with Gasteiger partial charge in [-0.25, -0.2) is 0 Å². The molecule has 0 rings (SSSR count). The van der Waals surface area contributed by atoms with Gasteiger partial charge < -0.3 is 0 Å². The minimum atomic E-state index is -0.264. The summed E-state index contributed by atoms with van der Waals surface area (Å²) in [5.41, 5.74) is 0. The van der Waals surface area contributed by atoms with Crippen molar-refractivity contribution in [3.05, 3.63) is 0 Å². The van der Waals surface area contributed by atoms with E-state index in [-0.39, 0.29) is 16.9 Å². The van der Waals surface area contributed by atoms with Crippen LogP contribution in [0, 0.1) is 0 Å². The first-order chi connectivity index (χ1) is 3.35. The van der Waals surface area contributed by atoms with Crippen LogP contribution in [0.3, 0.4) is 0 Å². The van der Waals surface area contributed by atoms with E-state index < -0.39 is 0 Å². The molecule has 0 fully saturated rings. The van der Waals surface area contributed by atoms with E-state index in [1.165, 1.54) is 0 Å². The SMILES string of the molecule is CC[N](CC)[Ir][Cl]. The molecule has 0 aliphatic rings. The molecule has 0 heterocycles. The molecule has 1 nitrogen and oxygen atoms in total. The van der Waals surface area contributed by atoms with Gasteiger partial charge in [0.1, 0.15) is 0 Å². The Kier molecular flexibility index (Phi) is 5.69. The molecule has 0 aromatic heterocycles. The summed E-state index contributed by atoms with van der Waals surface area (Å²) in [6, 6.07) is 0. The zero-order valence-corrected chi connectivity index (χ0v) is 7.72. The van der Waals surface area contributed by atoms with Crippen LogP contribution in [-0.2, 0) is 16.9 Å². The van der Waals surface area contributed by atoms with E-state index in [9.17, 15) is 0 Å². The summed E-state index contributed by atoms with van der Waals surface area (Å²) in [6.07, 6.45) is 0. The fraction of sp³-hybridized carbons (Fsp3) is 1.00. The third-order valence-electron chi connectivity index (χ3n) is 0.738. The van der Waals surface area contributed by atoms with Crippen molar-refractivity contribution < 1.29 is 16.9 Å². The van der Waals surface area contributed by atoms with Gasteiger partial charge in [0.15, 0.2) is 0 Å². The van der Waals surface area contributed by atoms with Crippen LogP contribution in [0.25, 0.3) is 0 Å². The second-order valence-electron chi connectivity index (χ2n) is 1.12. The first kappa shape index (κ1) is 7.90. The van der Waals surface area contributed by atoms with Crippen LogP contribution in [0.5, 0.6) is 0 Å². The molecule has 0 bridgehead atoms. The van der Waals surface area contributed by atoms with Gasteiger partial charge >= 0.3 is 57.0 Å². The normalized spacial score (nSPS) is 10.9. The van der Waals surface area contributed by atoms with Crippen molar-refractivity contribution in [2.45, 2.75) is 13.8 Å². The predicted octanol–water partition coefficient (Wildman–Crippen LogP) is 1.48. The molecule has 0 aromatic rings. The summed E-state index contributed by atoms with van der Waals surface area (Å²) >= 11 is -0.264. The Morgan fingerprint density at radius 1 is 1.43 bits per heavy atom. The van der Waals surface area contributed by atoms with Gasteiger partial charge in [0.25, 0.3) is 0 Å². The zero-order chi connectivity index (χ0) is 5.70. The van der Waals surface area contributed by atoms with Gasteiger partial charge in [0, 0.05) is 0 Å². The molecular formula is C4H10ClIrN. The fourth-order valence-corrected chi connectivity index (χ4v) is 2.18. The van der Waals surface area contributed by atoms with Crippen LogP contribution in [-0.4, -0.2) is 16.7 Å². The van der Waals surface area contributed by atoms with Crippen LogP contribution >= 0.6 is 9.58 Å². The Hall–Kier alpha value is 0.899. The van der Waals surface area contributed by atoms with Crippen LogP contribution in [0.4, 0.5) is 0 Å². The van der Waals surface area contributed by atoms with Gasteiger partial charge in [-0.3, -0.25) is 0 Å². The molecule has 0 amide bonds. The monoisotopic (exact) mass is 300 g/mol. The van der Waals surface area contributed by atoms with Gasteiger partial charge in [0.2, 0.25) is 0 Å². The fourth-order valence-electron chi connectivity index (χ4n) is 0.303. The third-order valence-corrected chi connectivity index (χ3v) is 4.13. The van der Waals surface area contributed by atoms with Gasteiger partial charge in [-0.05, 0) is 0 Å². The van der Waals surface area contributed by atoms with Crippen molar-refractivity contribution in [3.63, 3.8) is 0 Å². The Morgan fingerprint density at radius 2 is 1.86 bits per heavy atom. The third kappa shape index (κ3) is 3.48. The van der Waals surface area contributed by atoms with Gasteiger partial charge in [0.05, 0.1) is 0 Å². The number of hydrogen-bond donors (Lipinski definition) is 0. The average Bonchev–Trinajstić information content (AvgIpc) is 1.72. The molecular weight excluding hydrogens is 290 g/mol. The number of halogens is 1. The van der Waals surface area contributed by atoms with Crippen molar-refractivity contribution >= 4 is 9.58 Å². The summed E-state index contributed by atoms with van der Waals surface area (Å²) in [7, 11) is 5.62. The first-order valence-corrected chi connectivity index (χ1v) is 6.36. The van der Waals surface area contributed by atoms with E-state index in [4.69, 9.17) is 9.58 Å². The Bertz CT molecular complexity index is 33.2. The zero-order valence-electron chi connectivity index (χ0n) is 4.57. The summed E-state index contributed by atoms with van der Waals surface area (Å²) in [4.78, 5) is 0. The molecule has 47 valence electrons. The van der Waals surface area contributed by atoms with Crippen molar-refractivity contribution in [1.29, 1.82) is 0 Å². The molecule has 0 aliphatic heterocycles. The molecule has 0 radical (unpaired) electrons. The quantitative estimate of drug-likeness (QED) is 0.763. The molecule has 0 saturated heterocycles. The molecule has 0 aliphatic carbocycles. The van der Waals surface area contributed by atoms with Crippen LogP contribution in [0.2, 0.25) is 0 Å². The standard InChI is InChI=1S/C4H10N.ClH.Ir/c1-3-5-4-2;;/h3-4H2,1-2H3;1H;/q-1;;+2/p-1. The van der Waals surface area contributed by atoms with Gasteiger partial charge in [-0.1, -0.05) is 0 Å². The maximum absolute atomic E-state index is 5.62. The van der Waals surface area contributed by atoms with E-state index in [0.29, 0.717) is 0 Å². The van der Waals surface area contributed by atoms with Crippen LogP contribution in [0.15, 0.2) is 0 Å². The maximum atomic E-state index is 5.62. The van der Waals surface area contributed by atoms with Crippen molar-refractivity contribution in [3.8, 4) is 0 Å². The molecule has 0 aromatic carbocycles. The topological polar surface area (TPSA) is 3.24 Å². The van der Waals surface area contributed by atoms with Crippen molar-refractivity contribution in [1.82, 2.24) is 3.57 Å². The number of hydrogen-bond acceptors (Lipinski definition) is 1. The van der Waals surface area contributed by atoms with Crippen molar-refractivity contribution in [2.24, 2.45) is 0 Å². The van der Waals surface area contributed by atoms with E-state index in [1.54, 1.807) is 0 Å². The predicted molar refractivity (Wildman–Crippen MR) is 28.8 cm³/mol. The van der Waals surface area contributed by atoms with Gasteiger partial charge in [-0.2, -0.15) is 0 Å². The number of nitrogens with zero attached hydrogens (tertiary/aromatic N) is 1. The molecule has 0 spiro atoms. The second-order valence-corrected chi connectivity index (χ2v) is 3.97. The van der Waals surface area contributed by atoms with Crippen LogP contribution < -0.4 is 0 Å². The first-order valence-electron chi connectivity index (χ1n) is 2.32. The van der Waals surface area contributed by atoms with Crippen LogP contribution in [0.1, 0.15) is 13.8 Å². The summed E-state index contributed by atoms with van der Waals surface area (Å²) in [5.74, 6) is 0. The number of rotatable bonds is 3. The molecule has 0 unspecified atom stereocenters. The van der Waals surface area contributed by atoms with E-state index in [2.05, 4.69) is 17.4 Å². The molecule has 0 atom stereocenters. The van der Waals surface area contributed by atoms with Gasteiger partial charge in [-0.15, -0.1) is 0 Å². The van der Waals surface area contributed by atoms with E-state index >= 15 is 0 Å². The van der Waals surface area contributed by atoms with Crippen molar-refractivity contribution in [2.75, 3.05) is 13.1 Å². The minimum absolute atomic E-state index is 0.264. The molecule has 0 saturated carbocycles. The Labute approximate surface area is 57.3 Å². The molecule has 3 heteroatoms. The summed E-state index contributed by atoms with van der Waals surface area (Å²) in [6.45, 7) is 6.49. The summed E-state index contributed by atoms with van der Waals surface area (Å²) in [5, 5.41) is 0. The molecule has 0 N–H and O–H groups in total. The van der Waals surface area contributed by atoms with E-state index in [0.717, 1.165) is 13.1 Å². The second kappa shape index (κ2) is 5.04. The Balaban J connectivity index is 2.99. The van der Waals surface area contributed by atoms with E-state index in [1.807, 2.05) is 0 Å². The Morgan fingerprint density at radius 3 is 1.86 bits per heavy atom. The average molecular weight is 300 g/mol. The summed E-state index contributed by atoms with van der Waals surface area (Å²) < 4.78 is 2.27. The molecule has 7 heavy (non-hydrogen) atoms.